The number of rotatable bonds is 6. The molecule has 3 rings (SSSR count). The second kappa shape index (κ2) is 7.75. The smallest absolute Gasteiger partial charge is 0.200 e. The van der Waals surface area contributed by atoms with Crippen LogP contribution in [0.4, 0.5) is 0 Å². The van der Waals surface area contributed by atoms with Gasteiger partial charge in [0.05, 0.1) is 0 Å². The first kappa shape index (κ1) is 16.9. The number of hydrogen-bond donors (Lipinski definition) is 1. The lowest BCUT2D eigenvalue weighted by atomic mass is 10.1. The molecule has 0 amide bonds. The Balaban J connectivity index is 1.69. The maximum atomic E-state index is 10.4. The lowest BCUT2D eigenvalue weighted by Crippen LogP contribution is -2.00. The molecular formula is C22H22O3. The van der Waals surface area contributed by atoms with Crippen molar-refractivity contribution in [3.8, 4) is 17.2 Å². The Morgan fingerprint density at radius 2 is 1.08 bits per heavy atom. The van der Waals surface area contributed by atoms with Crippen molar-refractivity contribution < 1.29 is 14.6 Å². The molecule has 0 saturated carbocycles. The standard InChI is InChI=1S/C22H22O3/c1-16-8-3-5-10-18(16)14-24-20-12-7-13-21(22(20)23)25-15-19-11-6-4-9-17(19)2/h3-13,23H,14-15H2,1-2H3. The van der Waals surface area contributed by atoms with Crippen LogP contribution in [0.3, 0.4) is 0 Å². The number of benzene rings is 3. The number of aromatic hydroxyl groups is 1. The van der Waals surface area contributed by atoms with Crippen LogP contribution in [-0.2, 0) is 13.2 Å². The van der Waals surface area contributed by atoms with E-state index in [-0.39, 0.29) is 5.75 Å². The predicted molar refractivity (Wildman–Crippen MR) is 99.1 cm³/mol. The quantitative estimate of drug-likeness (QED) is 0.676. The number of hydrogen-bond acceptors (Lipinski definition) is 3. The molecule has 0 aromatic heterocycles. The summed E-state index contributed by atoms with van der Waals surface area (Å²) in [6.45, 7) is 4.89. The van der Waals surface area contributed by atoms with E-state index in [1.54, 1.807) is 12.1 Å². The zero-order chi connectivity index (χ0) is 17.6. The number of aryl methyl sites for hydroxylation is 2. The number of para-hydroxylation sites is 1. The topological polar surface area (TPSA) is 38.7 Å². The van der Waals surface area contributed by atoms with E-state index in [4.69, 9.17) is 9.47 Å². The van der Waals surface area contributed by atoms with Crippen molar-refractivity contribution in [1.82, 2.24) is 0 Å². The van der Waals surface area contributed by atoms with Gasteiger partial charge in [0.15, 0.2) is 11.5 Å². The summed E-state index contributed by atoms with van der Waals surface area (Å²) < 4.78 is 11.6. The number of ether oxygens (including phenoxy) is 2. The van der Waals surface area contributed by atoms with Crippen molar-refractivity contribution in [3.63, 3.8) is 0 Å². The van der Waals surface area contributed by atoms with Crippen molar-refractivity contribution in [3.05, 3.63) is 89.0 Å². The monoisotopic (exact) mass is 334 g/mol. The Labute approximate surface area is 148 Å². The van der Waals surface area contributed by atoms with Crippen LogP contribution in [0.2, 0.25) is 0 Å². The minimum absolute atomic E-state index is 0.0321. The maximum Gasteiger partial charge on any atom is 0.200 e. The SMILES string of the molecule is Cc1ccccc1COc1cccc(OCc2ccccc2C)c1O. The summed E-state index contributed by atoms with van der Waals surface area (Å²) in [7, 11) is 0. The van der Waals surface area contributed by atoms with E-state index in [0.717, 1.165) is 22.3 Å². The van der Waals surface area contributed by atoms with Crippen molar-refractivity contribution in [1.29, 1.82) is 0 Å². The van der Waals surface area contributed by atoms with Gasteiger partial charge in [-0.25, -0.2) is 0 Å². The molecule has 0 aliphatic rings. The van der Waals surface area contributed by atoms with Crippen LogP contribution in [0.5, 0.6) is 17.2 Å². The zero-order valence-electron chi connectivity index (χ0n) is 14.5. The van der Waals surface area contributed by atoms with E-state index >= 15 is 0 Å². The first-order chi connectivity index (χ1) is 12.1. The van der Waals surface area contributed by atoms with E-state index in [1.165, 1.54) is 0 Å². The highest BCUT2D eigenvalue weighted by Gasteiger charge is 2.11. The van der Waals surface area contributed by atoms with Crippen LogP contribution in [0.1, 0.15) is 22.3 Å². The highest BCUT2D eigenvalue weighted by atomic mass is 16.5. The van der Waals surface area contributed by atoms with E-state index in [1.807, 2.05) is 68.4 Å². The molecule has 1 N–H and O–H groups in total. The van der Waals surface area contributed by atoms with Gasteiger partial charge in [-0.05, 0) is 48.2 Å². The van der Waals surface area contributed by atoms with Crippen LogP contribution in [0, 0.1) is 13.8 Å². The van der Waals surface area contributed by atoms with Gasteiger partial charge in [-0.15, -0.1) is 0 Å². The Morgan fingerprint density at radius 3 is 1.52 bits per heavy atom. The van der Waals surface area contributed by atoms with Gasteiger partial charge in [-0.2, -0.15) is 0 Å². The van der Waals surface area contributed by atoms with Crippen molar-refractivity contribution in [2.45, 2.75) is 27.1 Å². The first-order valence-corrected chi connectivity index (χ1v) is 8.32. The van der Waals surface area contributed by atoms with Gasteiger partial charge in [0.25, 0.3) is 0 Å². The molecular weight excluding hydrogens is 312 g/mol. The molecule has 0 atom stereocenters. The third-order valence-corrected chi connectivity index (χ3v) is 4.25. The van der Waals surface area contributed by atoms with Crippen molar-refractivity contribution in [2.24, 2.45) is 0 Å². The van der Waals surface area contributed by atoms with Gasteiger partial charge < -0.3 is 14.6 Å². The molecule has 0 unspecified atom stereocenters. The normalized spacial score (nSPS) is 10.5. The zero-order valence-corrected chi connectivity index (χ0v) is 14.5. The summed E-state index contributed by atoms with van der Waals surface area (Å²) in [4.78, 5) is 0. The molecule has 3 heteroatoms. The van der Waals surface area contributed by atoms with Crippen LogP contribution in [0.15, 0.2) is 66.7 Å². The molecule has 0 heterocycles. The third kappa shape index (κ3) is 4.13. The van der Waals surface area contributed by atoms with Crippen LogP contribution in [-0.4, -0.2) is 5.11 Å². The summed E-state index contributed by atoms with van der Waals surface area (Å²) in [5.41, 5.74) is 4.50. The van der Waals surface area contributed by atoms with Gasteiger partial charge in [-0.1, -0.05) is 54.6 Å². The van der Waals surface area contributed by atoms with Crippen LogP contribution in [0.25, 0.3) is 0 Å². The lowest BCUT2D eigenvalue weighted by Gasteiger charge is -2.14. The summed E-state index contributed by atoms with van der Waals surface area (Å²) in [6.07, 6.45) is 0. The van der Waals surface area contributed by atoms with Gasteiger partial charge in [0, 0.05) is 0 Å². The minimum Gasteiger partial charge on any atom is -0.502 e. The van der Waals surface area contributed by atoms with Gasteiger partial charge >= 0.3 is 0 Å². The molecule has 3 nitrogen and oxygen atoms in total. The molecule has 0 fully saturated rings. The number of phenols is 1. The Kier molecular flexibility index (Phi) is 5.24. The third-order valence-electron chi connectivity index (χ3n) is 4.25. The molecule has 25 heavy (non-hydrogen) atoms. The molecule has 0 saturated heterocycles. The molecule has 0 bridgehead atoms. The molecule has 0 spiro atoms. The summed E-state index contributed by atoms with van der Waals surface area (Å²) in [5.74, 6) is 0.876. The molecule has 3 aromatic carbocycles. The average Bonchev–Trinajstić information content (AvgIpc) is 2.62. The Bertz CT molecular complexity index is 788. The van der Waals surface area contributed by atoms with E-state index in [0.29, 0.717) is 24.7 Å². The van der Waals surface area contributed by atoms with E-state index in [2.05, 4.69) is 0 Å². The van der Waals surface area contributed by atoms with Gasteiger partial charge in [0.2, 0.25) is 5.75 Å². The number of phenolic OH excluding ortho intramolecular Hbond substituents is 1. The molecule has 128 valence electrons. The fourth-order valence-electron chi connectivity index (χ4n) is 2.59. The largest absolute Gasteiger partial charge is 0.502 e. The van der Waals surface area contributed by atoms with Gasteiger partial charge in [-0.3, -0.25) is 0 Å². The molecule has 3 aromatic rings. The second-order valence-electron chi connectivity index (χ2n) is 6.03. The van der Waals surface area contributed by atoms with Crippen LogP contribution < -0.4 is 9.47 Å². The Hall–Kier alpha value is -2.94. The highest BCUT2D eigenvalue weighted by Crippen LogP contribution is 2.36. The fraction of sp³-hybridized carbons (Fsp3) is 0.182. The highest BCUT2D eigenvalue weighted by molar-refractivity contribution is 5.50. The molecule has 0 radical (unpaired) electrons. The second-order valence-corrected chi connectivity index (χ2v) is 6.03. The summed E-state index contributed by atoms with van der Waals surface area (Å²) >= 11 is 0. The molecule has 0 aliphatic carbocycles. The minimum atomic E-state index is 0.0321. The average molecular weight is 334 g/mol. The van der Waals surface area contributed by atoms with E-state index in [9.17, 15) is 5.11 Å². The summed E-state index contributed by atoms with van der Waals surface area (Å²) in [6, 6.07) is 21.4. The molecule has 0 aliphatic heterocycles. The predicted octanol–water partition coefficient (Wildman–Crippen LogP) is 5.17. The van der Waals surface area contributed by atoms with Gasteiger partial charge in [0.1, 0.15) is 13.2 Å². The maximum absolute atomic E-state index is 10.4. The Morgan fingerprint density at radius 1 is 0.640 bits per heavy atom. The first-order valence-electron chi connectivity index (χ1n) is 8.32. The van der Waals surface area contributed by atoms with E-state index < -0.39 is 0 Å². The fourth-order valence-corrected chi connectivity index (χ4v) is 2.59. The lowest BCUT2D eigenvalue weighted by molar-refractivity contribution is 0.262. The van der Waals surface area contributed by atoms with Crippen molar-refractivity contribution in [2.75, 3.05) is 0 Å². The van der Waals surface area contributed by atoms with Crippen molar-refractivity contribution >= 4 is 0 Å². The van der Waals surface area contributed by atoms with Crippen LogP contribution >= 0.6 is 0 Å². The summed E-state index contributed by atoms with van der Waals surface area (Å²) in [5, 5.41) is 10.4.